The summed E-state index contributed by atoms with van der Waals surface area (Å²) in [5, 5.41) is 3.27. The van der Waals surface area contributed by atoms with Crippen molar-refractivity contribution in [3.8, 4) is 0 Å². The lowest BCUT2D eigenvalue weighted by Gasteiger charge is -2.23. The van der Waals surface area contributed by atoms with Crippen molar-refractivity contribution in [1.29, 1.82) is 0 Å². The molecule has 1 aliphatic heterocycles. The Hall–Kier alpha value is -1.75. The number of hydrogen-bond acceptors (Lipinski definition) is 5. The highest BCUT2D eigenvalue weighted by Crippen LogP contribution is 2.21. The van der Waals surface area contributed by atoms with Crippen molar-refractivity contribution >= 4 is 17.3 Å². The van der Waals surface area contributed by atoms with Crippen LogP contribution in [0.1, 0.15) is 36.0 Å². The lowest BCUT2D eigenvalue weighted by Crippen LogP contribution is -2.22. The molecule has 2 rings (SSSR count). The highest BCUT2D eigenvalue weighted by molar-refractivity contribution is 5.96. The van der Waals surface area contributed by atoms with Crippen molar-refractivity contribution < 1.29 is 14.3 Å². The number of nitrogens with two attached hydrogens (primary N) is 1. The molecular weight excluding hydrogens is 256 g/mol. The number of carbonyl (C=O) groups is 1. The Kier molecular flexibility index (Phi) is 5.24. The summed E-state index contributed by atoms with van der Waals surface area (Å²) in [6.45, 7) is 1.62. The zero-order chi connectivity index (χ0) is 14.4. The van der Waals surface area contributed by atoms with Crippen LogP contribution in [-0.4, -0.2) is 32.3 Å². The molecule has 1 saturated heterocycles. The Labute approximate surface area is 119 Å². The van der Waals surface area contributed by atoms with E-state index in [9.17, 15) is 4.79 Å². The molecule has 3 N–H and O–H groups in total. The molecule has 0 aromatic heterocycles. The van der Waals surface area contributed by atoms with Crippen LogP contribution in [0.3, 0.4) is 0 Å². The number of anilines is 2. The molecule has 0 saturated carbocycles. The molecule has 0 bridgehead atoms. The molecule has 5 heteroatoms. The molecule has 1 heterocycles. The Morgan fingerprint density at radius 1 is 1.50 bits per heavy atom. The van der Waals surface area contributed by atoms with E-state index in [0.29, 0.717) is 17.4 Å². The van der Waals surface area contributed by atoms with Crippen molar-refractivity contribution in [1.82, 2.24) is 0 Å². The number of esters is 1. The molecule has 0 amide bonds. The fraction of sp³-hybridized carbons (Fsp3) is 0.533. The van der Waals surface area contributed by atoms with Gasteiger partial charge in [0.1, 0.15) is 0 Å². The van der Waals surface area contributed by atoms with Gasteiger partial charge >= 0.3 is 5.97 Å². The molecular formula is C15H22N2O3. The van der Waals surface area contributed by atoms with Gasteiger partial charge in [-0.25, -0.2) is 4.79 Å². The molecule has 1 unspecified atom stereocenters. The third-order valence-corrected chi connectivity index (χ3v) is 3.50. The molecule has 1 aliphatic rings. The van der Waals surface area contributed by atoms with Gasteiger partial charge in [-0.15, -0.1) is 0 Å². The Balaban J connectivity index is 1.92. The van der Waals surface area contributed by atoms with Gasteiger partial charge in [0, 0.05) is 24.5 Å². The zero-order valence-electron chi connectivity index (χ0n) is 11.9. The number of ether oxygens (including phenoxy) is 2. The second-order valence-electron chi connectivity index (χ2n) is 5.00. The van der Waals surface area contributed by atoms with Crippen LogP contribution in [0.25, 0.3) is 0 Å². The summed E-state index contributed by atoms with van der Waals surface area (Å²) in [5.74, 6) is -0.381. The van der Waals surface area contributed by atoms with Crippen molar-refractivity contribution in [3.63, 3.8) is 0 Å². The van der Waals surface area contributed by atoms with Crippen LogP contribution < -0.4 is 11.1 Å². The number of methoxy groups -OCH3 is 1. The minimum Gasteiger partial charge on any atom is -0.465 e. The first-order chi connectivity index (χ1) is 9.70. The predicted octanol–water partition coefficient (Wildman–Crippen LogP) is 2.43. The fourth-order valence-corrected chi connectivity index (χ4v) is 2.40. The van der Waals surface area contributed by atoms with Gasteiger partial charge in [-0.2, -0.15) is 0 Å². The summed E-state index contributed by atoms with van der Waals surface area (Å²) in [6.07, 6.45) is 4.78. The van der Waals surface area contributed by atoms with Crippen LogP contribution in [-0.2, 0) is 9.47 Å². The predicted molar refractivity (Wildman–Crippen MR) is 78.9 cm³/mol. The Morgan fingerprint density at radius 3 is 3.05 bits per heavy atom. The summed E-state index contributed by atoms with van der Waals surface area (Å²) < 4.78 is 10.5. The molecule has 1 atom stereocenters. The van der Waals surface area contributed by atoms with Gasteiger partial charge in [-0.3, -0.25) is 0 Å². The topological polar surface area (TPSA) is 73.6 Å². The van der Waals surface area contributed by atoms with Gasteiger partial charge in [0.25, 0.3) is 0 Å². The average molecular weight is 278 g/mol. The van der Waals surface area contributed by atoms with Gasteiger partial charge in [0.05, 0.1) is 18.8 Å². The van der Waals surface area contributed by atoms with E-state index in [-0.39, 0.29) is 5.97 Å². The Morgan fingerprint density at radius 2 is 2.35 bits per heavy atom. The Bertz CT molecular complexity index is 456. The molecule has 5 nitrogen and oxygen atoms in total. The van der Waals surface area contributed by atoms with E-state index in [1.807, 2.05) is 6.07 Å². The largest absolute Gasteiger partial charge is 0.465 e. The average Bonchev–Trinajstić information content (AvgIpc) is 2.49. The first kappa shape index (κ1) is 14.7. The second kappa shape index (κ2) is 7.14. The maximum absolute atomic E-state index is 11.7. The first-order valence-electron chi connectivity index (χ1n) is 7.04. The van der Waals surface area contributed by atoms with E-state index in [2.05, 4.69) is 5.32 Å². The maximum Gasteiger partial charge on any atom is 0.340 e. The zero-order valence-corrected chi connectivity index (χ0v) is 11.9. The number of benzene rings is 1. The number of nitrogens with one attached hydrogen (secondary N) is 1. The van der Waals surface area contributed by atoms with Crippen LogP contribution in [0, 0.1) is 0 Å². The van der Waals surface area contributed by atoms with Gasteiger partial charge in [0.2, 0.25) is 0 Å². The molecule has 1 fully saturated rings. The lowest BCUT2D eigenvalue weighted by atomic mass is 10.1. The molecule has 0 aliphatic carbocycles. The van der Waals surface area contributed by atoms with Gasteiger partial charge < -0.3 is 20.5 Å². The third-order valence-electron chi connectivity index (χ3n) is 3.50. The highest BCUT2D eigenvalue weighted by Gasteiger charge is 2.15. The van der Waals surface area contributed by atoms with Crippen molar-refractivity contribution in [2.75, 3.05) is 31.3 Å². The van der Waals surface area contributed by atoms with Crippen molar-refractivity contribution in [2.24, 2.45) is 0 Å². The van der Waals surface area contributed by atoms with Crippen molar-refractivity contribution in [3.05, 3.63) is 23.8 Å². The smallest absolute Gasteiger partial charge is 0.340 e. The monoisotopic (exact) mass is 278 g/mol. The molecule has 0 radical (unpaired) electrons. The molecule has 1 aromatic carbocycles. The third kappa shape index (κ3) is 3.87. The summed E-state index contributed by atoms with van der Waals surface area (Å²) in [5.41, 5.74) is 7.48. The lowest BCUT2D eigenvalue weighted by molar-refractivity contribution is 0.0134. The molecule has 20 heavy (non-hydrogen) atoms. The summed E-state index contributed by atoms with van der Waals surface area (Å²) in [6, 6.07) is 5.21. The van der Waals surface area contributed by atoms with E-state index in [1.54, 1.807) is 12.1 Å². The standard InChI is InChI=1S/C15H22N2O3/c1-19-15(18)13-10-11(16)5-6-14(13)17-8-7-12-4-2-3-9-20-12/h5-6,10,12,17H,2-4,7-9,16H2,1H3. The van der Waals surface area contributed by atoms with Crippen LogP contribution >= 0.6 is 0 Å². The summed E-state index contributed by atoms with van der Waals surface area (Å²) >= 11 is 0. The number of carbonyl (C=O) groups excluding carboxylic acids is 1. The minimum atomic E-state index is -0.381. The summed E-state index contributed by atoms with van der Waals surface area (Å²) in [4.78, 5) is 11.7. The van der Waals surface area contributed by atoms with Gasteiger partial charge in [-0.05, 0) is 43.9 Å². The summed E-state index contributed by atoms with van der Waals surface area (Å²) in [7, 11) is 1.37. The molecule has 1 aromatic rings. The van der Waals surface area contributed by atoms with E-state index in [4.69, 9.17) is 15.2 Å². The fourth-order valence-electron chi connectivity index (χ4n) is 2.40. The number of nitrogen functional groups attached to an aromatic ring is 1. The van der Waals surface area contributed by atoms with E-state index in [1.165, 1.54) is 13.5 Å². The van der Waals surface area contributed by atoms with Gasteiger partial charge in [-0.1, -0.05) is 0 Å². The van der Waals surface area contributed by atoms with Crippen LogP contribution in [0.15, 0.2) is 18.2 Å². The van der Waals surface area contributed by atoms with E-state index in [0.717, 1.165) is 38.1 Å². The maximum atomic E-state index is 11.7. The van der Waals surface area contributed by atoms with Crippen LogP contribution in [0.2, 0.25) is 0 Å². The molecule has 110 valence electrons. The number of hydrogen-bond donors (Lipinski definition) is 2. The minimum absolute atomic E-state index is 0.326. The van der Waals surface area contributed by atoms with Crippen LogP contribution in [0.4, 0.5) is 11.4 Å². The second-order valence-corrected chi connectivity index (χ2v) is 5.00. The van der Waals surface area contributed by atoms with Gasteiger partial charge in [0.15, 0.2) is 0 Å². The van der Waals surface area contributed by atoms with Crippen LogP contribution in [0.5, 0.6) is 0 Å². The first-order valence-corrected chi connectivity index (χ1v) is 7.04. The number of rotatable bonds is 5. The molecule has 0 spiro atoms. The normalized spacial score (nSPS) is 18.6. The van der Waals surface area contributed by atoms with Crippen molar-refractivity contribution in [2.45, 2.75) is 31.8 Å². The quantitative estimate of drug-likeness (QED) is 0.639. The highest BCUT2D eigenvalue weighted by atomic mass is 16.5. The van der Waals surface area contributed by atoms with E-state index >= 15 is 0 Å². The van der Waals surface area contributed by atoms with E-state index < -0.39 is 0 Å². The SMILES string of the molecule is COC(=O)c1cc(N)ccc1NCCC1CCCCO1.